The number of methoxy groups -OCH3 is 3. The molecule has 8 nitrogen and oxygen atoms in total. The van der Waals surface area contributed by atoms with Crippen LogP contribution in [0.1, 0.15) is 0 Å². The van der Waals surface area contributed by atoms with Gasteiger partial charge in [-0.3, -0.25) is 9.59 Å². The molecule has 4 atom stereocenters. The number of benzene rings is 2. The van der Waals surface area contributed by atoms with Crippen molar-refractivity contribution in [1.82, 2.24) is 0 Å². The molecule has 2 aromatic carbocycles. The molecule has 4 unspecified atom stereocenters. The molecule has 2 amide bonds. The van der Waals surface area contributed by atoms with Gasteiger partial charge in [0.1, 0.15) is 22.8 Å². The molecular weight excluding hydrogens is 412 g/mol. The van der Waals surface area contributed by atoms with Crippen LogP contribution in [-0.2, 0) is 14.3 Å². The van der Waals surface area contributed by atoms with E-state index in [1.54, 1.807) is 37.3 Å². The molecule has 8 heteroatoms. The molecule has 2 fully saturated rings. The maximum Gasteiger partial charge on any atom is 0.234 e. The number of hydrogen-bond donors (Lipinski definition) is 1. The number of rotatable bonds is 6. The van der Waals surface area contributed by atoms with E-state index in [9.17, 15) is 9.59 Å². The average Bonchev–Trinajstić information content (AvgIpc) is 3.47. The highest BCUT2D eigenvalue weighted by atomic mass is 16.5. The molecule has 0 saturated carbocycles. The van der Waals surface area contributed by atoms with Crippen molar-refractivity contribution in [2.45, 2.75) is 11.7 Å². The van der Waals surface area contributed by atoms with E-state index in [0.717, 1.165) is 5.69 Å². The first-order chi connectivity index (χ1) is 15.5. The van der Waals surface area contributed by atoms with Crippen molar-refractivity contribution in [2.75, 3.05) is 38.1 Å². The molecule has 2 aromatic rings. The predicted molar refractivity (Wildman–Crippen MR) is 117 cm³/mol. The van der Waals surface area contributed by atoms with Crippen LogP contribution in [-0.4, -0.2) is 51.4 Å². The molecule has 3 aliphatic rings. The Labute approximate surface area is 185 Å². The van der Waals surface area contributed by atoms with Crippen molar-refractivity contribution in [2.24, 2.45) is 11.8 Å². The van der Waals surface area contributed by atoms with E-state index in [1.165, 1.54) is 7.11 Å². The van der Waals surface area contributed by atoms with E-state index >= 15 is 0 Å². The highest BCUT2D eigenvalue weighted by molar-refractivity contribution is 6.05. The molecule has 2 bridgehead atoms. The number of hydrogen-bond acceptors (Lipinski definition) is 6. The van der Waals surface area contributed by atoms with Crippen molar-refractivity contribution < 1.29 is 28.5 Å². The third-order valence-corrected chi connectivity index (χ3v) is 6.43. The molecule has 166 valence electrons. The van der Waals surface area contributed by atoms with Crippen molar-refractivity contribution in [3.63, 3.8) is 0 Å². The first-order valence-electron chi connectivity index (χ1n) is 10.3. The molecular formula is C24H24N2O6. The predicted octanol–water partition coefficient (Wildman–Crippen LogP) is 2.64. The van der Waals surface area contributed by atoms with Crippen LogP contribution in [0.15, 0.2) is 54.6 Å². The third kappa shape index (κ3) is 3.02. The van der Waals surface area contributed by atoms with Crippen LogP contribution in [0.3, 0.4) is 0 Å². The van der Waals surface area contributed by atoms with Crippen molar-refractivity contribution in [3.05, 3.63) is 54.6 Å². The van der Waals surface area contributed by atoms with Gasteiger partial charge in [-0.15, -0.1) is 0 Å². The van der Waals surface area contributed by atoms with Crippen molar-refractivity contribution in [1.29, 1.82) is 0 Å². The second kappa shape index (κ2) is 7.56. The first-order valence-corrected chi connectivity index (χ1v) is 10.3. The normalized spacial score (nSPS) is 27.4. The Hall–Kier alpha value is -3.52. The van der Waals surface area contributed by atoms with Gasteiger partial charge in [-0.2, -0.15) is 0 Å². The number of amides is 2. The lowest BCUT2D eigenvalue weighted by atomic mass is 9.76. The topological polar surface area (TPSA) is 86.3 Å². The molecule has 1 spiro atoms. The van der Waals surface area contributed by atoms with Crippen LogP contribution in [0.5, 0.6) is 17.2 Å². The van der Waals surface area contributed by atoms with Crippen LogP contribution >= 0.6 is 0 Å². The summed E-state index contributed by atoms with van der Waals surface area (Å²) in [5, 5.41) is 2.92. The molecule has 5 rings (SSSR count). The van der Waals surface area contributed by atoms with E-state index in [0.29, 0.717) is 29.5 Å². The van der Waals surface area contributed by atoms with Gasteiger partial charge in [-0.25, -0.2) is 0 Å². The SMILES string of the molecule is COc1cccc(N2CC34C=CC(O3)C(C(=O)Nc3ccc(OC)cc3OC)C4C2=O)c1. The fraction of sp³-hybridized carbons (Fsp3) is 0.333. The molecule has 0 aliphatic carbocycles. The Morgan fingerprint density at radius 3 is 2.62 bits per heavy atom. The zero-order valence-corrected chi connectivity index (χ0v) is 18.0. The molecule has 0 radical (unpaired) electrons. The first kappa shape index (κ1) is 20.4. The maximum absolute atomic E-state index is 13.5. The molecule has 3 heterocycles. The number of nitrogens with zero attached hydrogens (tertiary/aromatic N) is 1. The standard InChI is InChI=1S/C24H24N2O6/c1-29-15-6-4-5-14(11-15)26-13-24-10-9-18(32-24)20(21(24)23(26)28)22(27)25-17-8-7-16(30-2)12-19(17)31-3/h4-12,18,20-21H,13H2,1-3H3,(H,25,27). The number of anilines is 2. The summed E-state index contributed by atoms with van der Waals surface area (Å²) in [5.74, 6) is 0.0875. The summed E-state index contributed by atoms with van der Waals surface area (Å²) in [4.78, 5) is 28.5. The number of fused-ring (bicyclic) bond motifs is 1. The maximum atomic E-state index is 13.5. The Kier molecular flexibility index (Phi) is 4.82. The minimum Gasteiger partial charge on any atom is -0.497 e. The van der Waals surface area contributed by atoms with Crippen LogP contribution in [0, 0.1) is 11.8 Å². The number of carbonyl (C=O) groups is 2. The van der Waals surface area contributed by atoms with Crippen LogP contribution in [0.2, 0.25) is 0 Å². The zero-order valence-electron chi connectivity index (χ0n) is 18.0. The van der Waals surface area contributed by atoms with E-state index in [-0.39, 0.29) is 11.8 Å². The van der Waals surface area contributed by atoms with Crippen LogP contribution < -0.4 is 24.4 Å². The van der Waals surface area contributed by atoms with Gasteiger partial charge in [0, 0.05) is 17.8 Å². The smallest absolute Gasteiger partial charge is 0.234 e. The fourth-order valence-electron chi connectivity index (χ4n) is 4.91. The highest BCUT2D eigenvalue weighted by Crippen LogP contribution is 2.53. The Morgan fingerprint density at radius 2 is 1.88 bits per heavy atom. The Bertz CT molecular complexity index is 1120. The summed E-state index contributed by atoms with van der Waals surface area (Å²) in [6.45, 7) is 0.353. The van der Waals surface area contributed by atoms with Crippen LogP contribution in [0.4, 0.5) is 11.4 Å². The fourth-order valence-corrected chi connectivity index (χ4v) is 4.91. The summed E-state index contributed by atoms with van der Waals surface area (Å²) in [6, 6.07) is 12.5. The van der Waals surface area contributed by atoms with Gasteiger partial charge in [-0.05, 0) is 24.3 Å². The average molecular weight is 436 g/mol. The van der Waals surface area contributed by atoms with E-state index in [4.69, 9.17) is 18.9 Å². The van der Waals surface area contributed by atoms with E-state index in [2.05, 4.69) is 5.32 Å². The van der Waals surface area contributed by atoms with Gasteiger partial charge in [0.25, 0.3) is 0 Å². The van der Waals surface area contributed by atoms with E-state index < -0.39 is 23.5 Å². The van der Waals surface area contributed by atoms with Gasteiger partial charge in [0.15, 0.2) is 0 Å². The number of ether oxygens (including phenoxy) is 4. The van der Waals surface area contributed by atoms with Crippen molar-refractivity contribution in [3.8, 4) is 17.2 Å². The lowest BCUT2D eigenvalue weighted by Gasteiger charge is -2.24. The summed E-state index contributed by atoms with van der Waals surface area (Å²) >= 11 is 0. The largest absolute Gasteiger partial charge is 0.497 e. The quantitative estimate of drug-likeness (QED) is 0.701. The summed E-state index contributed by atoms with van der Waals surface area (Å²) in [7, 11) is 4.67. The highest BCUT2D eigenvalue weighted by Gasteiger charge is 2.67. The Morgan fingerprint density at radius 1 is 1.09 bits per heavy atom. The van der Waals surface area contributed by atoms with Gasteiger partial charge >= 0.3 is 0 Å². The molecule has 3 aliphatic heterocycles. The third-order valence-electron chi connectivity index (χ3n) is 6.43. The molecule has 32 heavy (non-hydrogen) atoms. The minimum atomic E-state index is -0.809. The summed E-state index contributed by atoms with van der Waals surface area (Å²) in [5.41, 5.74) is 0.417. The summed E-state index contributed by atoms with van der Waals surface area (Å²) < 4.78 is 22.1. The van der Waals surface area contributed by atoms with Gasteiger partial charge in [-0.1, -0.05) is 18.2 Å². The van der Waals surface area contributed by atoms with Gasteiger partial charge in [0.2, 0.25) is 11.8 Å². The van der Waals surface area contributed by atoms with Crippen LogP contribution in [0.25, 0.3) is 0 Å². The zero-order chi connectivity index (χ0) is 22.5. The van der Waals surface area contributed by atoms with Gasteiger partial charge < -0.3 is 29.2 Å². The van der Waals surface area contributed by atoms with Crippen molar-refractivity contribution >= 4 is 23.2 Å². The number of nitrogens with one attached hydrogen (secondary N) is 1. The molecule has 1 N–H and O–H groups in total. The monoisotopic (exact) mass is 436 g/mol. The second-order valence-electron chi connectivity index (χ2n) is 8.08. The second-order valence-corrected chi connectivity index (χ2v) is 8.08. The molecule has 2 saturated heterocycles. The molecule has 0 aromatic heterocycles. The lowest BCUT2D eigenvalue weighted by molar-refractivity contribution is -0.128. The van der Waals surface area contributed by atoms with E-state index in [1.807, 2.05) is 36.4 Å². The summed E-state index contributed by atoms with van der Waals surface area (Å²) in [6.07, 6.45) is 3.37. The number of carbonyl (C=O) groups excluding carboxylic acids is 2. The minimum absolute atomic E-state index is 0.132. The lowest BCUT2D eigenvalue weighted by Crippen LogP contribution is -2.41. The van der Waals surface area contributed by atoms with Gasteiger partial charge in [0.05, 0.1) is 51.5 Å². The Balaban J connectivity index is 1.42.